The number of amides is 2. The van der Waals surface area contributed by atoms with Gasteiger partial charge in [-0.15, -0.1) is 0 Å². The van der Waals surface area contributed by atoms with Crippen LogP contribution in [0.4, 0.5) is 4.79 Å². The molecule has 6 nitrogen and oxygen atoms in total. The molecule has 6 heteroatoms. The zero-order valence-electron chi connectivity index (χ0n) is 15.3. The highest BCUT2D eigenvalue weighted by Crippen LogP contribution is 2.26. The van der Waals surface area contributed by atoms with E-state index < -0.39 is 0 Å². The van der Waals surface area contributed by atoms with Crippen LogP contribution in [-0.4, -0.2) is 79.4 Å². The molecule has 2 amide bonds. The maximum Gasteiger partial charge on any atom is 0.315 e. The van der Waals surface area contributed by atoms with E-state index in [-0.39, 0.29) is 18.2 Å². The van der Waals surface area contributed by atoms with Crippen LogP contribution in [0, 0.1) is 0 Å². The van der Waals surface area contributed by atoms with Gasteiger partial charge in [-0.1, -0.05) is 12.8 Å². The Labute approximate surface area is 146 Å². The van der Waals surface area contributed by atoms with Gasteiger partial charge in [0, 0.05) is 51.4 Å². The van der Waals surface area contributed by atoms with Gasteiger partial charge >= 0.3 is 6.03 Å². The second kappa shape index (κ2) is 8.50. The van der Waals surface area contributed by atoms with E-state index in [0.717, 1.165) is 45.2 Å². The number of carbonyl (C=O) groups is 1. The largest absolute Gasteiger partial charge is 0.373 e. The Morgan fingerprint density at radius 3 is 2.50 bits per heavy atom. The molecular formula is C18H34N4O2. The van der Waals surface area contributed by atoms with Crippen molar-refractivity contribution in [3.8, 4) is 0 Å². The van der Waals surface area contributed by atoms with Crippen molar-refractivity contribution in [2.75, 3.05) is 39.3 Å². The van der Waals surface area contributed by atoms with Gasteiger partial charge in [-0.3, -0.25) is 9.80 Å². The Morgan fingerprint density at radius 1 is 1.08 bits per heavy atom. The number of carbonyl (C=O) groups excluding carboxylic acids is 1. The Morgan fingerprint density at radius 2 is 1.79 bits per heavy atom. The first-order valence-corrected chi connectivity index (χ1v) is 9.76. The number of nitrogens with one attached hydrogen (secondary N) is 2. The molecule has 2 N–H and O–H groups in total. The minimum absolute atomic E-state index is 0.0115. The summed E-state index contributed by atoms with van der Waals surface area (Å²) in [5, 5.41) is 6.17. The molecule has 0 bridgehead atoms. The van der Waals surface area contributed by atoms with Gasteiger partial charge in [0.2, 0.25) is 0 Å². The normalized spacial score (nSPS) is 33.0. The topological polar surface area (TPSA) is 56.8 Å². The fraction of sp³-hybridized carbons (Fsp3) is 0.944. The van der Waals surface area contributed by atoms with E-state index in [0.29, 0.717) is 12.6 Å². The second-order valence-electron chi connectivity index (χ2n) is 7.84. The summed E-state index contributed by atoms with van der Waals surface area (Å²) in [7, 11) is 0. The van der Waals surface area contributed by atoms with Crippen LogP contribution in [0.3, 0.4) is 0 Å². The first kappa shape index (κ1) is 18.0. The third-order valence-corrected chi connectivity index (χ3v) is 5.60. The van der Waals surface area contributed by atoms with E-state index >= 15 is 0 Å². The number of urea groups is 1. The molecule has 0 unspecified atom stereocenters. The van der Waals surface area contributed by atoms with Crippen LogP contribution in [0.15, 0.2) is 0 Å². The minimum Gasteiger partial charge on any atom is -0.373 e. The van der Waals surface area contributed by atoms with Crippen LogP contribution >= 0.6 is 0 Å². The third kappa shape index (κ3) is 5.07. The van der Waals surface area contributed by atoms with E-state index in [9.17, 15) is 4.79 Å². The number of hydrogen-bond acceptors (Lipinski definition) is 4. The molecule has 2 aliphatic heterocycles. The predicted molar refractivity (Wildman–Crippen MR) is 95.2 cm³/mol. The summed E-state index contributed by atoms with van der Waals surface area (Å²) in [6.45, 7) is 9.88. The van der Waals surface area contributed by atoms with Crippen molar-refractivity contribution in [1.82, 2.24) is 20.4 Å². The van der Waals surface area contributed by atoms with Crippen molar-refractivity contribution in [3.05, 3.63) is 0 Å². The average molecular weight is 338 g/mol. The van der Waals surface area contributed by atoms with E-state index in [1.807, 2.05) is 0 Å². The number of likely N-dealkylation sites (tertiary alicyclic amines) is 1. The fourth-order valence-corrected chi connectivity index (χ4v) is 4.54. The number of hydrogen-bond donors (Lipinski definition) is 2. The van der Waals surface area contributed by atoms with Gasteiger partial charge in [0.25, 0.3) is 0 Å². The number of ether oxygens (including phenoxy) is 1. The van der Waals surface area contributed by atoms with Gasteiger partial charge in [0.1, 0.15) is 0 Å². The van der Waals surface area contributed by atoms with Crippen LogP contribution in [0.5, 0.6) is 0 Å². The van der Waals surface area contributed by atoms with Crippen LogP contribution in [0.1, 0.15) is 46.0 Å². The smallest absolute Gasteiger partial charge is 0.315 e. The molecule has 0 aromatic rings. The van der Waals surface area contributed by atoms with Crippen LogP contribution in [0.2, 0.25) is 0 Å². The molecule has 1 saturated carbocycles. The highest BCUT2D eigenvalue weighted by Gasteiger charge is 2.30. The zero-order chi connectivity index (χ0) is 16.9. The lowest BCUT2D eigenvalue weighted by Gasteiger charge is -2.35. The van der Waals surface area contributed by atoms with Gasteiger partial charge < -0.3 is 15.4 Å². The summed E-state index contributed by atoms with van der Waals surface area (Å²) >= 11 is 0. The zero-order valence-corrected chi connectivity index (χ0v) is 15.3. The monoisotopic (exact) mass is 338 g/mol. The van der Waals surface area contributed by atoms with Crippen LogP contribution in [-0.2, 0) is 4.74 Å². The Balaban J connectivity index is 1.30. The molecule has 0 aromatic heterocycles. The summed E-state index contributed by atoms with van der Waals surface area (Å²) in [4.78, 5) is 17.1. The average Bonchev–Trinajstić information content (AvgIpc) is 3.16. The van der Waals surface area contributed by atoms with Gasteiger partial charge in [-0.05, 0) is 33.1 Å². The molecule has 138 valence electrons. The summed E-state index contributed by atoms with van der Waals surface area (Å²) < 4.78 is 5.74. The minimum atomic E-state index is -0.0115. The molecule has 3 rings (SSSR count). The lowest BCUT2D eigenvalue weighted by atomic mass is 10.2. The van der Waals surface area contributed by atoms with Crippen molar-refractivity contribution in [3.63, 3.8) is 0 Å². The summed E-state index contributed by atoms with van der Waals surface area (Å²) in [6, 6.07) is 1.07. The fourth-order valence-electron chi connectivity index (χ4n) is 4.54. The van der Waals surface area contributed by atoms with E-state index in [2.05, 4.69) is 34.3 Å². The number of nitrogens with zero attached hydrogens (tertiary/aromatic N) is 2. The van der Waals surface area contributed by atoms with Crippen molar-refractivity contribution in [1.29, 1.82) is 0 Å². The molecule has 2 saturated heterocycles. The highest BCUT2D eigenvalue weighted by molar-refractivity contribution is 5.74. The SMILES string of the molecule is C[C@@H]1CN(CCNC(=O)N[C@@H]2CCN(C3CCCC3)C2)C[C@@H](C)O1. The molecule has 0 aromatic carbocycles. The summed E-state index contributed by atoms with van der Waals surface area (Å²) in [5.74, 6) is 0. The molecule has 3 aliphatic rings. The standard InChI is InChI=1S/C18H34N4O2/c1-14-11-21(12-15(2)24-14)10-8-19-18(23)20-16-7-9-22(13-16)17-5-3-4-6-17/h14-17H,3-13H2,1-2H3,(H2,19,20,23)/t14-,15-,16-/m1/s1. The maximum atomic E-state index is 12.1. The summed E-state index contributed by atoms with van der Waals surface area (Å²) in [5.41, 5.74) is 0. The van der Waals surface area contributed by atoms with Gasteiger partial charge in [0.15, 0.2) is 0 Å². The molecule has 2 heterocycles. The first-order chi connectivity index (χ1) is 11.6. The number of morpholine rings is 1. The van der Waals surface area contributed by atoms with Gasteiger partial charge in [-0.25, -0.2) is 4.79 Å². The van der Waals surface area contributed by atoms with E-state index in [1.54, 1.807) is 0 Å². The van der Waals surface area contributed by atoms with Crippen LogP contribution in [0.25, 0.3) is 0 Å². The second-order valence-corrected chi connectivity index (χ2v) is 7.84. The first-order valence-electron chi connectivity index (χ1n) is 9.76. The van der Waals surface area contributed by atoms with Crippen molar-refractivity contribution in [2.24, 2.45) is 0 Å². The van der Waals surface area contributed by atoms with E-state index in [4.69, 9.17) is 4.74 Å². The molecule has 1 aliphatic carbocycles. The van der Waals surface area contributed by atoms with Crippen LogP contribution < -0.4 is 10.6 Å². The highest BCUT2D eigenvalue weighted by atomic mass is 16.5. The lowest BCUT2D eigenvalue weighted by Crippen LogP contribution is -2.49. The Bertz CT molecular complexity index is 404. The summed E-state index contributed by atoms with van der Waals surface area (Å²) in [6.07, 6.45) is 7.08. The predicted octanol–water partition coefficient (Wildman–Crippen LogP) is 1.41. The molecule has 0 radical (unpaired) electrons. The molecule has 3 atom stereocenters. The molecular weight excluding hydrogens is 304 g/mol. The molecule has 0 spiro atoms. The molecule has 3 fully saturated rings. The van der Waals surface area contributed by atoms with Gasteiger partial charge in [0.05, 0.1) is 12.2 Å². The van der Waals surface area contributed by atoms with E-state index in [1.165, 1.54) is 25.7 Å². The number of rotatable bonds is 5. The Kier molecular flexibility index (Phi) is 6.36. The quantitative estimate of drug-likeness (QED) is 0.796. The van der Waals surface area contributed by atoms with Crippen molar-refractivity contribution >= 4 is 6.03 Å². The van der Waals surface area contributed by atoms with Crippen molar-refractivity contribution in [2.45, 2.75) is 70.2 Å². The van der Waals surface area contributed by atoms with Crippen molar-refractivity contribution < 1.29 is 9.53 Å². The molecule has 24 heavy (non-hydrogen) atoms. The Hall–Kier alpha value is -0.850. The third-order valence-electron chi connectivity index (χ3n) is 5.60. The lowest BCUT2D eigenvalue weighted by molar-refractivity contribution is -0.0672. The maximum absolute atomic E-state index is 12.1. The van der Waals surface area contributed by atoms with Gasteiger partial charge in [-0.2, -0.15) is 0 Å².